The van der Waals surface area contributed by atoms with Crippen molar-refractivity contribution in [1.82, 2.24) is 35.2 Å². The second-order valence-electron chi connectivity index (χ2n) is 20.2. The number of rotatable bonds is 10. The molecule has 3 saturated heterocycles. The van der Waals surface area contributed by atoms with Gasteiger partial charge in [0.15, 0.2) is 0 Å². The summed E-state index contributed by atoms with van der Waals surface area (Å²) in [7, 11) is 1.74. The van der Waals surface area contributed by atoms with Gasteiger partial charge in [-0.3, -0.25) is 29.3 Å². The number of aryl methyl sites for hydroxylation is 1. The summed E-state index contributed by atoms with van der Waals surface area (Å²) in [4.78, 5) is 55.2. The van der Waals surface area contributed by atoms with Crippen LogP contribution in [0.1, 0.15) is 114 Å². The standard InChI is InChI=1S/C51H69N7O7S/c1-9-57-42-14-13-33-21-36(42)38(45(57)37-22-34(24-52-44(37)31(5)62-8)32-15-17-56-18-19-63-26-35(56)20-32)23-51(6,7)28-65-50(61)40-12-11-16-58(55-40)49(60)39(25-53-47(59)43-29(3)30(43)4)46(64-10-2)48-54-41(33)27-66-48/h13-14,21-22,24,27,29-32,35,39-40,43,46,55H,9-12,15-20,23,25-26,28H2,1-8H3,(H,53,59)/t29-,30+,31-,32-,35-,39-,40-,43?,46-/m0/s1. The third kappa shape index (κ3) is 9.20. The maximum atomic E-state index is 14.7. The second-order valence-corrected chi connectivity index (χ2v) is 21.1. The number of hydrazine groups is 1. The maximum Gasteiger partial charge on any atom is 0.324 e. The van der Waals surface area contributed by atoms with Crippen LogP contribution in [0.5, 0.6) is 0 Å². The minimum absolute atomic E-state index is 0.0540. The van der Waals surface area contributed by atoms with E-state index in [2.05, 4.69) is 92.2 Å². The minimum atomic E-state index is -0.802. The number of esters is 1. The van der Waals surface area contributed by atoms with Crippen molar-refractivity contribution in [2.45, 2.75) is 117 Å². The Balaban J connectivity index is 1.17. The van der Waals surface area contributed by atoms with Gasteiger partial charge in [-0.25, -0.2) is 10.4 Å². The van der Waals surface area contributed by atoms with E-state index in [1.54, 1.807) is 7.11 Å². The number of piperidine rings is 1. The highest BCUT2D eigenvalue weighted by atomic mass is 32.1. The molecule has 1 aliphatic carbocycles. The number of cyclic esters (lactones) is 1. The van der Waals surface area contributed by atoms with Crippen LogP contribution in [0.25, 0.3) is 33.4 Å². The molecule has 4 fully saturated rings. The average Bonchev–Trinajstić information content (AvgIpc) is 3.60. The Morgan fingerprint density at radius 1 is 1.11 bits per heavy atom. The van der Waals surface area contributed by atoms with Crippen molar-refractivity contribution in [2.75, 3.05) is 59.7 Å². The van der Waals surface area contributed by atoms with E-state index in [9.17, 15) is 14.4 Å². The van der Waals surface area contributed by atoms with Gasteiger partial charge in [0.05, 0.1) is 48.9 Å². The molecule has 66 heavy (non-hydrogen) atoms. The lowest BCUT2D eigenvalue weighted by atomic mass is 9.82. The molecule has 9 rings (SSSR count). The van der Waals surface area contributed by atoms with Crippen molar-refractivity contribution in [3.05, 3.63) is 57.7 Å². The fourth-order valence-corrected chi connectivity index (χ4v) is 12.0. The van der Waals surface area contributed by atoms with Gasteiger partial charge >= 0.3 is 5.97 Å². The zero-order chi connectivity index (χ0) is 46.4. The number of benzene rings is 1. The molecular weight excluding hydrogens is 855 g/mol. The van der Waals surface area contributed by atoms with E-state index >= 15 is 0 Å². The molecule has 1 aromatic carbocycles. The van der Waals surface area contributed by atoms with Gasteiger partial charge in [0.1, 0.15) is 17.2 Å². The number of nitrogens with zero attached hydrogens (tertiary/aromatic N) is 5. The van der Waals surface area contributed by atoms with E-state index in [4.69, 9.17) is 28.9 Å². The highest BCUT2D eigenvalue weighted by molar-refractivity contribution is 7.10. The van der Waals surface area contributed by atoms with Crippen molar-refractivity contribution in [3.8, 4) is 22.5 Å². The van der Waals surface area contributed by atoms with Crippen LogP contribution in [-0.2, 0) is 46.3 Å². The lowest BCUT2D eigenvalue weighted by molar-refractivity contribution is -0.157. The molecule has 15 heteroatoms. The molecule has 9 atom stereocenters. The molecule has 0 radical (unpaired) electrons. The molecule has 5 aliphatic rings. The number of nitrogens with one attached hydrogen (secondary N) is 2. The van der Waals surface area contributed by atoms with E-state index in [0.717, 1.165) is 83.8 Å². The van der Waals surface area contributed by atoms with E-state index in [1.165, 1.54) is 21.9 Å². The van der Waals surface area contributed by atoms with Gasteiger partial charge in [-0.1, -0.05) is 33.8 Å². The number of pyridine rings is 1. The third-order valence-electron chi connectivity index (χ3n) is 15.3. The van der Waals surface area contributed by atoms with Gasteiger partial charge in [0, 0.05) is 90.9 Å². The summed E-state index contributed by atoms with van der Waals surface area (Å²) in [6.45, 7) is 19.9. The Morgan fingerprint density at radius 2 is 1.92 bits per heavy atom. The molecule has 1 unspecified atom stereocenters. The maximum absolute atomic E-state index is 14.7. The van der Waals surface area contributed by atoms with E-state index in [0.29, 0.717) is 55.9 Å². The first-order chi connectivity index (χ1) is 31.8. The average molecular weight is 924 g/mol. The van der Waals surface area contributed by atoms with Gasteiger partial charge in [-0.15, -0.1) is 11.3 Å². The van der Waals surface area contributed by atoms with Crippen LogP contribution in [0.15, 0.2) is 35.8 Å². The summed E-state index contributed by atoms with van der Waals surface area (Å²) in [6.07, 6.45) is 4.91. The monoisotopic (exact) mass is 923 g/mol. The Labute approximate surface area is 393 Å². The zero-order valence-electron chi connectivity index (χ0n) is 40.1. The number of ether oxygens (including phenoxy) is 4. The van der Waals surface area contributed by atoms with Crippen molar-refractivity contribution in [2.24, 2.45) is 29.1 Å². The predicted octanol–water partition coefficient (Wildman–Crippen LogP) is 7.47. The molecule has 356 valence electrons. The van der Waals surface area contributed by atoms with E-state index < -0.39 is 29.4 Å². The topological polar surface area (TPSA) is 149 Å². The first-order valence-electron chi connectivity index (χ1n) is 24.4. The molecular formula is C51H69N7O7S. The van der Waals surface area contributed by atoms with Gasteiger partial charge in [0.25, 0.3) is 0 Å². The van der Waals surface area contributed by atoms with E-state index in [-0.39, 0.29) is 48.8 Å². The van der Waals surface area contributed by atoms with Crippen molar-refractivity contribution < 1.29 is 33.3 Å². The molecule has 0 spiro atoms. The quantitative estimate of drug-likeness (QED) is 0.153. The number of hydrogen-bond donors (Lipinski definition) is 2. The largest absolute Gasteiger partial charge is 0.464 e. The SMILES string of the molecule is CCO[C@@H]1c2nc(cs2)-c2ccc3c(c2)c(c(-c2cc([C@H]4CCN5CCOC[C@@H]5C4)cnc2[C@H](C)OC)n3CC)CC(C)(C)COC(=O)[C@@H]2CCCN(N2)C(=O)[C@H]1CNC(=O)C1[C@@H](C)[C@H]1C. The van der Waals surface area contributed by atoms with Crippen LogP contribution in [0.2, 0.25) is 0 Å². The van der Waals surface area contributed by atoms with Gasteiger partial charge < -0.3 is 28.8 Å². The normalized spacial score (nSPS) is 28.6. The molecule has 7 heterocycles. The Morgan fingerprint density at radius 3 is 2.68 bits per heavy atom. The Kier molecular flexibility index (Phi) is 13.8. The fourth-order valence-electron chi connectivity index (χ4n) is 11.1. The van der Waals surface area contributed by atoms with Crippen LogP contribution in [0.3, 0.4) is 0 Å². The summed E-state index contributed by atoms with van der Waals surface area (Å²) >= 11 is 1.46. The molecule has 3 aromatic heterocycles. The number of fused-ring (bicyclic) bond motifs is 7. The molecule has 14 nitrogen and oxygen atoms in total. The summed E-state index contributed by atoms with van der Waals surface area (Å²) in [5.41, 5.74) is 11.0. The number of methoxy groups -OCH3 is 1. The number of aromatic nitrogens is 3. The third-order valence-corrected chi connectivity index (χ3v) is 16.2. The van der Waals surface area contributed by atoms with Crippen molar-refractivity contribution in [1.29, 1.82) is 0 Å². The lowest BCUT2D eigenvalue weighted by Crippen LogP contribution is -2.58. The molecule has 6 bridgehead atoms. The number of thiazole rings is 1. The predicted molar refractivity (Wildman–Crippen MR) is 255 cm³/mol. The van der Waals surface area contributed by atoms with Gasteiger partial charge in [0.2, 0.25) is 11.8 Å². The first-order valence-corrected chi connectivity index (χ1v) is 25.3. The lowest BCUT2D eigenvalue weighted by Gasteiger charge is -2.42. The van der Waals surface area contributed by atoms with Crippen molar-refractivity contribution in [3.63, 3.8) is 0 Å². The van der Waals surface area contributed by atoms with Crippen LogP contribution >= 0.6 is 11.3 Å². The van der Waals surface area contributed by atoms with Crippen LogP contribution in [0, 0.1) is 29.1 Å². The highest BCUT2D eigenvalue weighted by Crippen LogP contribution is 2.46. The molecule has 2 amide bonds. The number of amides is 2. The van der Waals surface area contributed by atoms with Crippen LogP contribution in [0.4, 0.5) is 0 Å². The first kappa shape index (κ1) is 46.8. The molecule has 4 aliphatic heterocycles. The number of hydrogen-bond acceptors (Lipinski definition) is 12. The summed E-state index contributed by atoms with van der Waals surface area (Å²) in [5, 5.41) is 8.45. The number of carbonyl (C=O) groups is 3. The molecule has 1 saturated carbocycles. The van der Waals surface area contributed by atoms with Crippen molar-refractivity contribution >= 4 is 40.0 Å². The fraction of sp³-hybridized carbons (Fsp3) is 0.627. The second kappa shape index (κ2) is 19.4. The van der Waals surface area contributed by atoms with Crippen LogP contribution in [-0.4, -0.2) is 114 Å². The number of carbonyl (C=O) groups excluding carboxylic acids is 3. The van der Waals surface area contributed by atoms with Crippen LogP contribution < -0.4 is 10.7 Å². The highest BCUT2D eigenvalue weighted by Gasteiger charge is 2.49. The van der Waals surface area contributed by atoms with Gasteiger partial charge in [-0.05, 0) is 106 Å². The Hall–Kier alpha value is -4.25. The zero-order valence-corrected chi connectivity index (χ0v) is 40.9. The van der Waals surface area contributed by atoms with Gasteiger partial charge in [-0.2, -0.15) is 0 Å². The molecule has 4 aromatic rings. The Bertz CT molecular complexity index is 2420. The minimum Gasteiger partial charge on any atom is -0.464 e. The number of morpholine rings is 1. The summed E-state index contributed by atoms with van der Waals surface area (Å²) < 4.78 is 27.1. The summed E-state index contributed by atoms with van der Waals surface area (Å²) in [5.74, 6) is -0.657. The summed E-state index contributed by atoms with van der Waals surface area (Å²) in [6, 6.07) is 8.65. The smallest absolute Gasteiger partial charge is 0.324 e. The molecule has 2 N–H and O–H groups in total. The van der Waals surface area contributed by atoms with E-state index in [1.807, 2.05) is 12.3 Å².